The van der Waals surface area contributed by atoms with Gasteiger partial charge in [0.25, 0.3) is 0 Å². The number of phenolic OH excluding ortho intramolecular Hbond substituents is 2. The maximum absolute atomic E-state index is 9.78. The maximum atomic E-state index is 9.78. The highest BCUT2D eigenvalue weighted by Crippen LogP contribution is 2.37. The van der Waals surface area contributed by atoms with Crippen LogP contribution in [0.15, 0.2) is 72.8 Å². The molecule has 156 valence electrons. The molecule has 0 heterocycles. The van der Waals surface area contributed by atoms with Crippen molar-refractivity contribution in [2.24, 2.45) is 0 Å². The first-order valence-corrected chi connectivity index (χ1v) is 10.3. The second kappa shape index (κ2) is 10.5. The minimum absolute atomic E-state index is 0.0327. The van der Waals surface area contributed by atoms with Crippen molar-refractivity contribution in [3.05, 3.63) is 89.5 Å². The molecule has 0 atom stereocenters. The molecule has 0 aliphatic carbocycles. The van der Waals surface area contributed by atoms with Crippen LogP contribution in [0.3, 0.4) is 0 Å². The summed E-state index contributed by atoms with van der Waals surface area (Å²) < 4.78 is 5.63. The van der Waals surface area contributed by atoms with Gasteiger partial charge in [-0.05, 0) is 77.1 Å². The Labute approximate surface area is 177 Å². The number of hydrogen-bond acceptors (Lipinski definition) is 4. The Balaban J connectivity index is 2.21. The first-order valence-electron chi connectivity index (χ1n) is 10.3. The van der Waals surface area contributed by atoms with Gasteiger partial charge >= 0.3 is 0 Å². The van der Waals surface area contributed by atoms with E-state index in [1.807, 2.05) is 42.5 Å². The Kier molecular flexibility index (Phi) is 7.52. The predicted molar refractivity (Wildman–Crippen MR) is 121 cm³/mol. The van der Waals surface area contributed by atoms with Crippen LogP contribution in [0.25, 0.3) is 11.1 Å². The minimum atomic E-state index is -0.0327. The number of hydrogen-bond donors (Lipinski definition) is 3. The normalized spacial score (nSPS) is 10.6. The van der Waals surface area contributed by atoms with Gasteiger partial charge in [0.15, 0.2) is 0 Å². The SMILES string of the molecule is CCCCC(=C(c1ccc(O)cc1)c1ccc(O)cc1)c1cccc(OCCO)c1. The third-order valence-corrected chi connectivity index (χ3v) is 4.94. The van der Waals surface area contributed by atoms with E-state index in [-0.39, 0.29) is 24.7 Å². The molecule has 4 nitrogen and oxygen atoms in total. The van der Waals surface area contributed by atoms with E-state index in [4.69, 9.17) is 9.84 Å². The van der Waals surface area contributed by atoms with E-state index in [2.05, 4.69) is 13.0 Å². The highest BCUT2D eigenvalue weighted by atomic mass is 16.5. The zero-order chi connectivity index (χ0) is 21.3. The topological polar surface area (TPSA) is 69.9 Å². The molecule has 0 unspecified atom stereocenters. The minimum Gasteiger partial charge on any atom is -0.508 e. The number of aromatic hydroxyl groups is 2. The van der Waals surface area contributed by atoms with Gasteiger partial charge in [0.1, 0.15) is 23.9 Å². The molecule has 0 amide bonds. The van der Waals surface area contributed by atoms with E-state index in [0.717, 1.165) is 41.5 Å². The van der Waals surface area contributed by atoms with Crippen molar-refractivity contribution >= 4 is 11.1 Å². The predicted octanol–water partition coefficient (Wildman–Crippen LogP) is 5.62. The summed E-state index contributed by atoms with van der Waals surface area (Å²) in [6, 6.07) is 22.3. The Bertz CT molecular complexity index is 925. The third kappa shape index (κ3) is 5.43. The quantitative estimate of drug-likeness (QED) is 0.405. The van der Waals surface area contributed by atoms with Crippen molar-refractivity contribution in [1.82, 2.24) is 0 Å². The molecule has 0 saturated carbocycles. The summed E-state index contributed by atoms with van der Waals surface area (Å²) in [6.07, 6.45) is 2.95. The summed E-state index contributed by atoms with van der Waals surface area (Å²) in [7, 11) is 0. The first-order chi connectivity index (χ1) is 14.6. The number of aliphatic hydroxyl groups excluding tert-OH is 1. The van der Waals surface area contributed by atoms with Crippen LogP contribution in [-0.4, -0.2) is 28.5 Å². The van der Waals surface area contributed by atoms with E-state index in [0.29, 0.717) is 5.75 Å². The monoisotopic (exact) mass is 404 g/mol. The van der Waals surface area contributed by atoms with Crippen LogP contribution in [0.2, 0.25) is 0 Å². The zero-order valence-corrected chi connectivity index (χ0v) is 17.2. The molecule has 0 aromatic heterocycles. The lowest BCUT2D eigenvalue weighted by Crippen LogP contribution is -2.02. The summed E-state index contributed by atoms with van der Waals surface area (Å²) in [4.78, 5) is 0. The van der Waals surface area contributed by atoms with Crippen LogP contribution in [-0.2, 0) is 0 Å². The van der Waals surface area contributed by atoms with Crippen molar-refractivity contribution in [2.75, 3.05) is 13.2 Å². The molecule has 0 aliphatic rings. The van der Waals surface area contributed by atoms with E-state index < -0.39 is 0 Å². The van der Waals surface area contributed by atoms with E-state index in [1.54, 1.807) is 24.3 Å². The van der Waals surface area contributed by atoms with Gasteiger partial charge in [-0.2, -0.15) is 0 Å². The summed E-state index contributed by atoms with van der Waals surface area (Å²) in [5, 5.41) is 28.6. The Morgan fingerprint density at radius 3 is 1.93 bits per heavy atom. The lowest BCUT2D eigenvalue weighted by Gasteiger charge is -2.18. The fraction of sp³-hybridized carbons (Fsp3) is 0.231. The van der Waals surface area contributed by atoms with Crippen LogP contribution in [0.5, 0.6) is 17.2 Å². The van der Waals surface area contributed by atoms with Crippen molar-refractivity contribution in [3.8, 4) is 17.2 Å². The first kappa shape index (κ1) is 21.5. The fourth-order valence-electron chi connectivity index (χ4n) is 3.48. The largest absolute Gasteiger partial charge is 0.508 e. The Morgan fingerprint density at radius 1 is 0.800 bits per heavy atom. The molecule has 3 rings (SSSR count). The fourth-order valence-corrected chi connectivity index (χ4v) is 3.48. The molecule has 0 saturated heterocycles. The molecule has 0 spiro atoms. The number of unbranched alkanes of at least 4 members (excludes halogenated alkanes) is 1. The molecule has 0 radical (unpaired) electrons. The van der Waals surface area contributed by atoms with E-state index in [1.165, 1.54) is 5.57 Å². The van der Waals surface area contributed by atoms with Gasteiger partial charge in [0.2, 0.25) is 0 Å². The van der Waals surface area contributed by atoms with Crippen LogP contribution < -0.4 is 4.74 Å². The van der Waals surface area contributed by atoms with Gasteiger partial charge in [-0.3, -0.25) is 0 Å². The van der Waals surface area contributed by atoms with Crippen molar-refractivity contribution in [1.29, 1.82) is 0 Å². The lowest BCUT2D eigenvalue weighted by molar-refractivity contribution is 0.201. The molecule has 3 aromatic rings. The molecule has 30 heavy (non-hydrogen) atoms. The van der Waals surface area contributed by atoms with Gasteiger partial charge in [-0.25, -0.2) is 0 Å². The summed E-state index contributed by atoms with van der Waals surface area (Å²) in [5.41, 5.74) is 5.26. The van der Waals surface area contributed by atoms with E-state index in [9.17, 15) is 10.2 Å². The molecular weight excluding hydrogens is 376 g/mol. The molecule has 0 fully saturated rings. The van der Waals surface area contributed by atoms with Gasteiger partial charge in [-0.1, -0.05) is 49.7 Å². The van der Waals surface area contributed by atoms with E-state index >= 15 is 0 Å². The summed E-state index contributed by atoms with van der Waals surface area (Å²) in [5.74, 6) is 1.16. The zero-order valence-electron chi connectivity index (χ0n) is 17.2. The van der Waals surface area contributed by atoms with Gasteiger partial charge in [0.05, 0.1) is 6.61 Å². The highest BCUT2D eigenvalue weighted by Gasteiger charge is 2.15. The number of ether oxygens (including phenoxy) is 1. The Morgan fingerprint density at radius 2 is 1.40 bits per heavy atom. The standard InChI is InChI=1S/C26H28O4/c1-2-3-7-25(21-5-4-6-24(18-21)30-17-16-27)26(19-8-12-22(28)13-9-19)20-10-14-23(29)15-11-20/h4-6,8-15,18,27-29H,2-3,7,16-17H2,1H3. The van der Waals surface area contributed by atoms with Gasteiger partial charge in [-0.15, -0.1) is 0 Å². The van der Waals surface area contributed by atoms with Gasteiger partial charge in [0, 0.05) is 0 Å². The molecule has 4 heteroatoms. The van der Waals surface area contributed by atoms with Crippen LogP contribution in [0.1, 0.15) is 42.9 Å². The summed E-state index contributed by atoms with van der Waals surface area (Å²) in [6.45, 7) is 2.38. The van der Waals surface area contributed by atoms with Crippen molar-refractivity contribution in [3.63, 3.8) is 0 Å². The molecule has 0 aliphatic heterocycles. The average Bonchev–Trinajstić information content (AvgIpc) is 2.77. The third-order valence-electron chi connectivity index (χ3n) is 4.94. The van der Waals surface area contributed by atoms with Crippen LogP contribution in [0, 0.1) is 0 Å². The molecular formula is C26H28O4. The lowest BCUT2D eigenvalue weighted by atomic mass is 9.87. The number of benzene rings is 3. The molecule has 0 bridgehead atoms. The molecule has 3 aromatic carbocycles. The maximum Gasteiger partial charge on any atom is 0.120 e. The second-order valence-corrected chi connectivity index (χ2v) is 7.15. The second-order valence-electron chi connectivity index (χ2n) is 7.15. The number of aliphatic hydroxyl groups is 1. The average molecular weight is 405 g/mol. The highest BCUT2D eigenvalue weighted by molar-refractivity contribution is 5.98. The van der Waals surface area contributed by atoms with Crippen molar-refractivity contribution < 1.29 is 20.1 Å². The smallest absolute Gasteiger partial charge is 0.120 e. The summed E-state index contributed by atoms with van der Waals surface area (Å²) >= 11 is 0. The van der Waals surface area contributed by atoms with Crippen LogP contribution in [0.4, 0.5) is 0 Å². The van der Waals surface area contributed by atoms with Gasteiger partial charge < -0.3 is 20.1 Å². The number of phenols is 2. The number of rotatable bonds is 9. The van der Waals surface area contributed by atoms with Crippen molar-refractivity contribution in [2.45, 2.75) is 26.2 Å². The van der Waals surface area contributed by atoms with Crippen LogP contribution >= 0.6 is 0 Å². The molecule has 3 N–H and O–H groups in total. The Hall–Kier alpha value is -3.24. The number of allylic oxidation sites excluding steroid dienone is 1.